The Hall–Kier alpha value is -3.10. The Kier molecular flexibility index (Phi) is 10.2. The van der Waals surface area contributed by atoms with E-state index in [-0.39, 0.29) is 13.2 Å². The van der Waals surface area contributed by atoms with Crippen molar-refractivity contribution in [1.29, 1.82) is 0 Å². The number of nitrogen functional groups attached to an aromatic ring is 1. The molecule has 0 aliphatic heterocycles. The summed E-state index contributed by atoms with van der Waals surface area (Å²) in [7, 11) is 1.80. The number of carbonyl (C=O) groups is 2. The smallest absolute Gasteiger partial charge is 0.339 e. The quantitative estimate of drug-likeness (QED) is 0.408. The van der Waals surface area contributed by atoms with E-state index < -0.39 is 24.1 Å². The summed E-state index contributed by atoms with van der Waals surface area (Å²) in [6.45, 7) is 3.91. The van der Waals surface area contributed by atoms with Crippen molar-refractivity contribution in [2.45, 2.75) is 26.1 Å². The van der Waals surface area contributed by atoms with Gasteiger partial charge in [0.05, 0.1) is 13.2 Å². The molecule has 8 nitrogen and oxygen atoms in total. The third-order valence-corrected chi connectivity index (χ3v) is 3.79. The first kappa shape index (κ1) is 23.9. The summed E-state index contributed by atoms with van der Waals surface area (Å²) in [4.78, 5) is 22.3. The number of esters is 2. The number of nitrogens with two attached hydrogens (primary N) is 1. The molecule has 0 saturated heterocycles. The molecule has 5 N–H and O–H groups in total. The van der Waals surface area contributed by atoms with E-state index in [1.807, 2.05) is 0 Å². The lowest BCUT2D eigenvalue weighted by molar-refractivity contribution is -0.154. The van der Waals surface area contributed by atoms with Crippen LogP contribution in [0, 0.1) is 0 Å². The van der Waals surface area contributed by atoms with Gasteiger partial charge >= 0.3 is 11.9 Å². The molecule has 158 valence electrons. The average Bonchev–Trinajstić information content (AvgIpc) is 2.74. The molecule has 2 atom stereocenters. The van der Waals surface area contributed by atoms with Crippen LogP contribution in [0.2, 0.25) is 0 Å². The second kappa shape index (κ2) is 12.4. The molecule has 0 unspecified atom stereocenters. The van der Waals surface area contributed by atoms with Gasteiger partial charge in [-0.1, -0.05) is 24.3 Å². The summed E-state index contributed by atoms with van der Waals surface area (Å²) < 4.78 is 9.38. The number of anilines is 2. The van der Waals surface area contributed by atoms with E-state index in [9.17, 15) is 19.8 Å². The summed E-state index contributed by atoms with van der Waals surface area (Å²) in [5, 5.41) is 22.0. The molecule has 8 heteroatoms. The van der Waals surface area contributed by atoms with E-state index in [1.165, 1.54) is 0 Å². The molecule has 2 aromatic carbocycles. The number of nitrogens with one attached hydrogen (secondary N) is 1. The number of hydrogen-bond acceptors (Lipinski definition) is 8. The van der Waals surface area contributed by atoms with Gasteiger partial charge in [0.1, 0.15) is 0 Å². The van der Waals surface area contributed by atoms with Crippen molar-refractivity contribution in [3.63, 3.8) is 0 Å². The van der Waals surface area contributed by atoms with Gasteiger partial charge in [-0.2, -0.15) is 0 Å². The summed E-state index contributed by atoms with van der Waals surface area (Å²) in [6, 6.07) is 13.4. The van der Waals surface area contributed by atoms with Gasteiger partial charge in [0.2, 0.25) is 0 Å². The van der Waals surface area contributed by atoms with Crippen LogP contribution in [0.4, 0.5) is 11.4 Å². The number of benzene rings is 2. The van der Waals surface area contributed by atoms with Crippen LogP contribution in [0.1, 0.15) is 37.2 Å². The standard InChI is InChI=1S/C11H15NO3.C10H13NO3/c1-3-15-11(14)10(13)8-4-6-9(12-2)7-5-8;1-2-14-10(13)9(12)7-3-5-8(11)6-4-7/h4-7,10,12-13H,3H2,1-2H3;3-6,9,12H,2,11H2,1H3/t10-;9-/m11/s1. The van der Waals surface area contributed by atoms with Crippen molar-refractivity contribution in [3.8, 4) is 0 Å². The molecule has 0 aliphatic rings. The summed E-state index contributed by atoms with van der Waals surface area (Å²) in [5.41, 5.74) is 8.00. The fourth-order valence-electron chi connectivity index (χ4n) is 2.22. The average molecular weight is 404 g/mol. The predicted molar refractivity (Wildman–Crippen MR) is 110 cm³/mol. The van der Waals surface area contributed by atoms with Gasteiger partial charge in [-0.05, 0) is 49.2 Å². The zero-order chi connectivity index (χ0) is 21.8. The minimum Gasteiger partial charge on any atom is -0.464 e. The monoisotopic (exact) mass is 404 g/mol. The van der Waals surface area contributed by atoms with Crippen LogP contribution in [0.3, 0.4) is 0 Å². The molecule has 0 spiro atoms. The fourth-order valence-corrected chi connectivity index (χ4v) is 2.22. The lowest BCUT2D eigenvalue weighted by atomic mass is 10.1. The molecule has 0 amide bonds. The van der Waals surface area contributed by atoms with Crippen LogP contribution < -0.4 is 11.1 Å². The third-order valence-electron chi connectivity index (χ3n) is 3.79. The van der Waals surface area contributed by atoms with Crippen LogP contribution in [0.5, 0.6) is 0 Å². The third kappa shape index (κ3) is 7.81. The van der Waals surface area contributed by atoms with E-state index in [0.29, 0.717) is 16.8 Å². The Balaban J connectivity index is 0.000000291. The maximum atomic E-state index is 11.2. The molecule has 29 heavy (non-hydrogen) atoms. The Morgan fingerprint density at radius 3 is 1.59 bits per heavy atom. The van der Waals surface area contributed by atoms with Crippen LogP contribution >= 0.6 is 0 Å². The fraction of sp³-hybridized carbons (Fsp3) is 0.333. The minimum absolute atomic E-state index is 0.255. The van der Waals surface area contributed by atoms with Crippen LogP contribution in [-0.2, 0) is 19.1 Å². The predicted octanol–water partition coefficient (Wildman–Crippen LogP) is 2.19. The molecule has 0 radical (unpaired) electrons. The number of aliphatic hydroxyl groups excluding tert-OH is 2. The summed E-state index contributed by atoms with van der Waals surface area (Å²) in [5.74, 6) is -1.26. The van der Waals surface area contributed by atoms with Gasteiger partial charge in [-0.15, -0.1) is 0 Å². The number of ether oxygens (including phenoxy) is 2. The number of carbonyl (C=O) groups excluding carboxylic acids is 2. The number of hydrogen-bond donors (Lipinski definition) is 4. The summed E-state index contributed by atoms with van der Waals surface area (Å²) in [6.07, 6.45) is -2.42. The first-order chi connectivity index (χ1) is 13.8. The first-order valence-corrected chi connectivity index (χ1v) is 9.16. The topological polar surface area (TPSA) is 131 Å². The molecule has 2 rings (SSSR count). The van der Waals surface area contributed by atoms with Gasteiger partial charge in [0.25, 0.3) is 0 Å². The van der Waals surface area contributed by atoms with Gasteiger partial charge < -0.3 is 30.7 Å². The molecule has 0 aliphatic carbocycles. The van der Waals surface area contributed by atoms with E-state index in [1.54, 1.807) is 69.4 Å². The van der Waals surface area contributed by atoms with Crippen molar-refractivity contribution in [2.75, 3.05) is 31.3 Å². The second-order valence-corrected chi connectivity index (χ2v) is 5.85. The van der Waals surface area contributed by atoms with E-state index in [4.69, 9.17) is 10.5 Å². The molecular weight excluding hydrogens is 376 g/mol. The van der Waals surface area contributed by atoms with Crippen molar-refractivity contribution < 1.29 is 29.3 Å². The zero-order valence-corrected chi connectivity index (χ0v) is 16.8. The zero-order valence-electron chi connectivity index (χ0n) is 16.8. The van der Waals surface area contributed by atoms with Gasteiger partial charge in [-0.25, -0.2) is 9.59 Å². The van der Waals surface area contributed by atoms with E-state index in [2.05, 4.69) is 10.1 Å². The SMILES string of the molecule is CCOC(=O)[C@H](O)c1ccc(N)cc1.CCOC(=O)[C@H](O)c1ccc(NC)cc1. The molecule has 0 heterocycles. The lowest BCUT2D eigenvalue weighted by Crippen LogP contribution is -2.15. The van der Waals surface area contributed by atoms with Gasteiger partial charge in [0.15, 0.2) is 12.2 Å². The van der Waals surface area contributed by atoms with Gasteiger partial charge in [-0.3, -0.25) is 0 Å². The highest BCUT2D eigenvalue weighted by atomic mass is 16.5. The maximum Gasteiger partial charge on any atom is 0.339 e. The van der Waals surface area contributed by atoms with Crippen molar-refractivity contribution in [3.05, 3.63) is 59.7 Å². The highest BCUT2D eigenvalue weighted by Crippen LogP contribution is 2.17. The molecule has 0 bridgehead atoms. The van der Waals surface area contributed by atoms with Crippen molar-refractivity contribution in [2.24, 2.45) is 0 Å². The lowest BCUT2D eigenvalue weighted by Gasteiger charge is -2.10. The maximum absolute atomic E-state index is 11.2. The van der Waals surface area contributed by atoms with E-state index >= 15 is 0 Å². The Labute approximate surface area is 170 Å². The van der Waals surface area contributed by atoms with Gasteiger partial charge in [0, 0.05) is 18.4 Å². The number of rotatable bonds is 7. The molecule has 0 fully saturated rings. The van der Waals surface area contributed by atoms with Crippen LogP contribution in [0.15, 0.2) is 48.5 Å². The molecule has 2 aromatic rings. The summed E-state index contributed by atoms with van der Waals surface area (Å²) >= 11 is 0. The Bertz CT molecular complexity index is 762. The van der Waals surface area contributed by atoms with Crippen molar-refractivity contribution in [1.82, 2.24) is 0 Å². The Morgan fingerprint density at radius 2 is 1.24 bits per heavy atom. The highest BCUT2D eigenvalue weighted by Gasteiger charge is 2.18. The normalized spacial score (nSPS) is 12.0. The molecule has 0 aromatic heterocycles. The number of aliphatic hydroxyl groups is 2. The highest BCUT2D eigenvalue weighted by molar-refractivity contribution is 5.76. The van der Waals surface area contributed by atoms with E-state index in [0.717, 1.165) is 5.69 Å². The van der Waals surface area contributed by atoms with Crippen LogP contribution in [0.25, 0.3) is 0 Å². The Morgan fingerprint density at radius 1 is 0.862 bits per heavy atom. The molecular formula is C21H28N2O6. The molecule has 0 saturated carbocycles. The first-order valence-electron chi connectivity index (χ1n) is 9.16. The second-order valence-electron chi connectivity index (χ2n) is 5.85. The van der Waals surface area contributed by atoms with Crippen LogP contribution in [-0.4, -0.2) is 42.4 Å². The largest absolute Gasteiger partial charge is 0.464 e. The van der Waals surface area contributed by atoms with Crippen molar-refractivity contribution >= 4 is 23.3 Å². The minimum atomic E-state index is -1.23.